The molecule has 2 aliphatic heterocycles. The number of pyridine rings is 1. The number of primary amides is 1. The molecule has 0 aliphatic carbocycles. The zero-order valence-electron chi connectivity index (χ0n) is 13.3. The van der Waals surface area contributed by atoms with Gasteiger partial charge >= 0.3 is 5.97 Å². The van der Waals surface area contributed by atoms with Crippen LogP contribution in [-0.4, -0.2) is 57.4 Å². The largest absolute Gasteiger partial charge is 0.480 e. The van der Waals surface area contributed by atoms with Gasteiger partial charge in [-0.15, -0.1) is 0 Å². The number of aliphatic carboxylic acids is 1. The molecule has 2 aliphatic rings. The lowest BCUT2D eigenvalue weighted by Crippen LogP contribution is -2.59. The van der Waals surface area contributed by atoms with Gasteiger partial charge < -0.3 is 15.7 Å². The van der Waals surface area contributed by atoms with Gasteiger partial charge in [-0.2, -0.15) is 0 Å². The first kappa shape index (κ1) is 17.1. The van der Waals surface area contributed by atoms with E-state index in [1.165, 1.54) is 26.1 Å². The van der Waals surface area contributed by atoms with Gasteiger partial charge in [0, 0.05) is 6.20 Å². The van der Waals surface area contributed by atoms with Crippen molar-refractivity contribution in [3.63, 3.8) is 0 Å². The Bertz CT molecular complexity index is 935. The molecule has 3 rings (SSSR count). The molecule has 1 aromatic rings. The van der Waals surface area contributed by atoms with Crippen LogP contribution in [0.2, 0.25) is 0 Å². The molecule has 0 aromatic carbocycles. The Labute approximate surface area is 143 Å². The predicted octanol–water partition coefficient (Wildman–Crippen LogP) is -0.851. The van der Waals surface area contributed by atoms with Gasteiger partial charge in [-0.05, 0) is 26.0 Å². The Morgan fingerprint density at radius 2 is 1.96 bits per heavy atom. The van der Waals surface area contributed by atoms with E-state index in [1.54, 1.807) is 12.1 Å². The molecule has 0 saturated carbocycles. The Hall–Kier alpha value is -2.75. The van der Waals surface area contributed by atoms with Crippen LogP contribution in [0.3, 0.4) is 0 Å². The molecule has 2 amide bonds. The number of β-lactam (4-membered cyclic amide) rings is 1. The lowest BCUT2D eigenvalue weighted by molar-refractivity contribution is -0.152. The number of aromatic nitrogens is 1. The summed E-state index contributed by atoms with van der Waals surface area (Å²) < 4.78 is 24.0. The van der Waals surface area contributed by atoms with Gasteiger partial charge in [-0.25, -0.2) is 13.2 Å². The van der Waals surface area contributed by atoms with Crippen LogP contribution in [0.1, 0.15) is 19.5 Å². The van der Waals surface area contributed by atoms with E-state index < -0.39 is 43.8 Å². The summed E-state index contributed by atoms with van der Waals surface area (Å²) in [6, 6.07) is 3.01. The van der Waals surface area contributed by atoms with Gasteiger partial charge in [-0.3, -0.25) is 14.6 Å². The zero-order valence-corrected chi connectivity index (χ0v) is 14.1. The van der Waals surface area contributed by atoms with Gasteiger partial charge in [0.05, 0.1) is 16.8 Å². The van der Waals surface area contributed by atoms with Crippen LogP contribution in [-0.2, 0) is 24.2 Å². The lowest BCUT2D eigenvalue weighted by atomic mass is 9.91. The smallest absolute Gasteiger partial charge is 0.328 e. The van der Waals surface area contributed by atoms with E-state index in [9.17, 15) is 27.9 Å². The number of carboxylic acids is 1. The molecule has 2 atom stereocenters. The summed E-state index contributed by atoms with van der Waals surface area (Å²) in [5.41, 5.74) is 4.78. The van der Waals surface area contributed by atoms with Crippen LogP contribution in [0.5, 0.6) is 0 Å². The number of sulfone groups is 1. The Morgan fingerprint density at radius 1 is 1.32 bits per heavy atom. The van der Waals surface area contributed by atoms with E-state index in [0.717, 1.165) is 4.90 Å². The predicted molar refractivity (Wildman–Crippen MR) is 85.4 cm³/mol. The standard InChI is InChI=1S/C15H15N3O6S/c1-15(2)10(14(21)22)18-12(20)9(13(18)25(15,23)24)8(11(16)19)7-5-3-4-6-17-7/h3-6,10,13H,1-2H3,(H2,16,19)(H,21,22)/b9-8+/t10-,13+/m0/s1. The summed E-state index contributed by atoms with van der Waals surface area (Å²) in [7, 11) is -4.10. The average Bonchev–Trinajstić information content (AvgIpc) is 2.66. The van der Waals surface area contributed by atoms with Crippen LogP contribution in [0, 0.1) is 0 Å². The maximum Gasteiger partial charge on any atom is 0.328 e. The summed E-state index contributed by atoms with van der Waals surface area (Å²) in [6.45, 7) is 2.49. The van der Waals surface area contributed by atoms with E-state index in [2.05, 4.69) is 4.98 Å². The molecule has 2 saturated heterocycles. The number of carbonyl (C=O) groups excluding carboxylic acids is 2. The molecular formula is C15H15N3O6S. The van der Waals surface area contributed by atoms with Gasteiger partial charge in [0.1, 0.15) is 4.75 Å². The fourth-order valence-electron chi connectivity index (χ4n) is 3.31. The molecule has 10 heteroatoms. The Morgan fingerprint density at radius 3 is 2.44 bits per heavy atom. The molecular weight excluding hydrogens is 350 g/mol. The van der Waals surface area contributed by atoms with E-state index in [1.807, 2.05) is 0 Å². The van der Waals surface area contributed by atoms with E-state index >= 15 is 0 Å². The number of rotatable bonds is 3. The van der Waals surface area contributed by atoms with Crippen molar-refractivity contribution in [3.05, 3.63) is 35.7 Å². The van der Waals surface area contributed by atoms with Gasteiger partial charge in [0.2, 0.25) is 0 Å². The molecule has 0 radical (unpaired) electrons. The first-order chi connectivity index (χ1) is 11.5. The molecule has 0 bridgehead atoms. The molecule has 2 fully saturated rings. The maximum atomic E-state index is 12.8. The summed E-state index contributed by atoms with van der Waals surface area (Å²) >= 11 is 0. The van der Waals surface area contributed by atoms with Crippen molar-refractivity contribution in [3.8, 4) is 0 Å². The number of amides is 2. The van der Waals surface area contributed by atoms with Gasteiger partial charge in [0.25, 0.3) is 11.8 Å². The number of hydrogen-bond donors (Lipinski definition) is 2. The number of nitrogens with two attached hydrogens (primary N) is 1. The second kappa shape index (κ2) is 5.12. The second-order valence-corrected chi connectivity index (χ2v) is 8.91. The number of fused-ring (bicyclic) bond motifs is 1. The SMILES string of the molecule is CC1(C)[C@H](C(=O)O)N2C(=O)/C(=C(\C(N)=O)c3ccccn3)[C@H]2S1(=O)=O. The first-order valence-corrected chi connectivity index (χ1v) is 8.82. The van der Waals surface area contributed by atoms with Crippen molar-refractivity contribution in [2.45, 2.75) is 30.0 Å². The minimum absolute atomic E-state index is 0.0600. The second-order valence-electron chi connectivity index (χ2n) is 6.32. The van der Waals surface area contributed by atoms with Crippen molar-refractivity contribution in [1.82, 2.24) is 9.88 Å². The molecule has 3 heterocycles. The fourth-order valence-corrected chi connectivity index (χ4v) is 5.46. The Kier molecular flexibility index (Phi) is 3.50. The molecule has 1 aromatic heterocycles. The summed E-state index contributed by atoms with van der Waals surface area (Å²) in [5, 5.41) is 7.87. The van der Waals surface area contributed by atoms with E-state index in [4.69, 9.17) is 5.73 Å². The molecule has 0 unspecified atom stereocenters. The number of carboxylic acid groups (broad SMARTS) is 1. The number of nitrogens with zero attached hydrogens (tertiary/aromatic N) is 2. The molecule has 25 heavy (non-hydrogen) atoms. The van der Waals surface area contributed by atoms with Gasteiger partial charge in [-0.1, -0.05) is 6.07 Å². The molecule has 9 nitrogen and oxygen atoms in total. The summed E-state index contributed by atoms with van der Waals surface area (Å²) in [6.07, 6.45) is 1.37. The third-order valence-corrected chi connectivity index (χ3v) is 7.34. The summed E-state index contributed by atoms with van der Waals surface area (Å²) in [5.74, 6) is -3.28. The van der Waals surface area contributed by atoms with Crippen LogP contribution in [0.15, 0.2) is 30.0 Å². The van der Waals surface area contributed by atoms with Crippen LogP contribution in [0.25, 0.3) is 5.57 Å². The van der Waals surface area contributed by atoms with Crippen molar-refractivity contribution in [1.29, 1.82) is 0 Å². The Balaban J connectivity index is 2.27. The monoisotopic (exact) mass is 365 g/mol. The van der Waals surface area contributed by atoms with Crippen molar-refractivity contribution in [2.75, 3.05) is 0 Å². The third-order valence-electron chi connectivity index (χ3n) is 4.60. The van der Waals surface area contributed by atoms with Gasteiger partial charge in [0.15, 0.2) is 21.3 Å². The zero-order chi connectivity index (χ0) is 18.7. The van der Waals surface area contributed by atoms with E-state index in [-0.39, 0.29) is 16.8 Å². The van der Waals surface area contributed by atoms with Crippen LogP contribution >= 0.6 is 0 Å². The quantitative estimate of drug-likeness (QED) is 0.523. The highest BCUT2D eigenvalue weighted by Gasteiger charge is 2.71. The fraction of sp³-hybridized carbons (Fsp3) is 0.333. The normalized spacial score (nSPS) is 28.1. The average molecular weight is 365 g/mol. The van der Waals surface area contributed by atoms with Crippen molar-refractivity contribution >= 4 is 33.2 Å². The highest BCUT2D eigenvalue weighted by molar-refractivity contribution is 7.94. The number of hydrogen-bond acceptors (Lipinski definition) is 6. The lowest BCUT2D eigenvalue weighted by Gasteiger charge is -2.38. The molecule has 0 spiro atoms. The minimum Gasteiger partial charge on any atom is -0.480 e. The molecule has 132 valence electrons. The van der Waals surface area contributed by atoms with Crippen molar-refractivity contribution < 1.29 is 27.9 Å². The molecule has 3 N–H and O–H groups in total. The topological polar surface area (TPSA) is 148 Å². The highest BCUT2D eigenvalue weighted by atomic mass is 32.2. The van der Waals surface area contributed by atoms with E-state index in [0.29, 0.717) is 0 Å². The summed E-state index contributed by atoms with van der Waals surface area (Å²) in [4.78, 5) is 40.7. The van der Waals surface area contributed by atoms with Crippen LogP contribution < -0.4 is 5.73 Å². The maximum absolute atomic E-state index is 12.8. The van der Waals surface area contributed by atoms with Crippen molar-refractivity contribution in [2.24, 2.45) is 5.73 Å². The highest BCUT2D eigenvalue weighted by Crippen LogP contribution is 2.50. The number of carbonyl (C=O) groups is 3. The first-order valence-electron chi connectivity index (χ1n) is 7.27. The minimum atomic E-state index is -4.10. The van der Waals surface area contributed by atoms with Crippen LogP contribution in [0.4, 0.5) is 0 Å². The third kappa shape index (κ3) is 2.03.